The van der Waals surface area contributed by atoms with E-state index in [-0.39, 0.29) is 17.9 Å². The summed E-state index contributed by atoms with van der Waals surface area (Å²) in [6.07, 6.45) is 0.925. The molecule has 0 aliphatic heterocycles. The number of para-hydroxylation sites is 1. The van der Waals surface area contributed by atoms with Crippen molar-refractivity contribution >= 4 is 11.8 Å². The predicted molar refractivity (Wildman–Crippen MR) is 116 cm³/mol. The maximum absolute atomic E-state index is 12.9. The maximum atomic E-state index is 12.9. The molecular weight excluding hydrogens is 364 g/mol. The van der Waals surface area contributed by atoms with Crippen LogP contribution in [0.15, 0.2) is 54.6 Å². The molecule has 0 unspecified atom stereocenters. The van der Waals surface area contributed by atoms with Crippen LogP contribution in [-0.2, 0) is 16.1 Å². The van der Waals surface area contributed by atoms with Gasteiger partial charge < -0.3 is 15.0 Å². The molecule has 2 rings (SSSR count). The molecule has 0 fully saturated rings. The Morgan fingerprint density at radius 1 is 1.00 bits per heavy atom. The van der Waals surface area contributed by atoms with E-state index in [1.54, 1.807) is 11.8 Å². The predicted octanol–water partition coefficient (Wildman–Crippen LogP) is 4.10. The van der Waals surface area contributed by atoms with Crippen molar-refractivity contribution in [3.63, 3.8) is 0 Å². The lowest BCUT2D eigenvalue weighted by Crippen LogP contribution is -2.49. The molecule has 0 bridgehead atoms. The van der Waals surface area contributed by atoms with Gasteiger partial charge in [-0.25, -0.2) is 0 Å². The van der Waals surface area contributed by atoms with Gasteiger partial charge in [0.15, 0.2) is 0 Å². The number of hydrogen-bond donors (Lipinski definition) is 1. The second kappa shape index (κ2) is 11.2. The fourth-order valence-corrected chi connectivity index (χ4v) is 2.95. The van der Waals surface area contributed by atoms with Crippen LogP contribution < -0.4 is 10.1 Å². The molecule has 5 heteroatoms. The minimum atomic E-state index is -0.541. The van der Waals surface area contributed by atoms with Crippen LogP contribution in [0.1, 0.15) is 44.7 Å². The Labute approximate surface area is 174 Å². The third-order valence-electron chi connectivity index (χ3n) is 4.62. The number of nitrogens with zero attached hydrogens (tertiary/aromatic N) is 1. The van der Waals surface area contributed by atoms with Gasteiger partial charge in [0.05, 0.1) is 6.61 Å². The number of aryl methyl sites for hydroxylation is 1. The van der Waals surface area contributed by atoms with Crippen molar-refractivity contribution in [3.05, 3.63) is 65.7 Å². The van der Waals surface area contributed by atoms with Crippen LogP contribution in [0.5, 0.6) is 5.75 Å². The monoisotopic (exact) mass is 396 g/mol. The fourth-order valence-electron chi connectivity index (χ4n) is 2.95. The molecule has 156 valence electrons. The molecule has 0 radical (unpaired) electrons. The van der Waals surface area contributed by atoms with Crippen molar-refractivity contribution in [2.45, 2.75) is 59.2 Å². The van der Waals surface area contributed by atoms with Gasteiger partial charge in [-0.2, -0.15) is 0 Å². The van der Waals surface area contributed by atoms with Gasteiger partial charge in [0.1, 0.15) is 11.8 Å². The molecule has 2 amide bonds. The van der Waals surface area contributed by atoms with Gasteiger partial charge in [-0.3, -0.25) is 9.59 Å². The summed E-state index contributed by atoms with van der Waals surface area (Å²) < 4.78 is 5.68. The summed E-state index contributed by atoms with van der Waals surface area (Å²) in [5.41, 5.74) is 2.17. The first kappa shape index (κ1) is 22.5. The highest BCUT2D eigenvalue weighted by Crippen LogP contribution is 2.14. The Hall–Kier alpha value is -2.82. The highest BCUT2D eigenvalue weighted by atomic mass is 16.5. The first-order valence-corrected chi connectivity index (χ1v) is 10.2. The molecule has 29 heavy (non-hydrogen) atoms. The van der Waals surface area contributed by atoms with Crippen LogP contribution in [0.25, 0.3) is 0 Å². The molecule has 0 saturated heterocycles. The number of ether oxygens (including phenoxy) is 1. The largest absolute Gasteiger partial charge is 0.494 e. The first-order chi connectivity index (χ1) is 13.9. The van der Waals surface area contributed by atoms with Crippen molar-refractivity contribution in [1.82, 2.24) is 10.2 Å². The van der Waals surface area contributed by atoms with Crippen LogP contribution >= 0.6 is 0 Å². The van der Waals surface area contributed by atoms with E-state index in [9.17, 15) is 9.59 Å². The molecule has 2 aromatic rings. The molecule has 0 aliphatic carbocycles. The lowest BCUT2D eigenvalue weighted by Gasteiger charge is -2.29. The van der Waals surface area contributed by atoms with Crippen molar-refractivity contribution in [2.24, 2.45) is 0 Å². The van der Waals surface area contributed by atoms with E-state index < -0.39 is 6.04 Å². The van der Waals surface area contributed by atoms with E-state index in [2.05, 4.69) is 5.32 Å². The molecule has 1 atom stereocenters. The van der Waals surface area contributed by atoms with E-state index in [4.69, 9.17) is 4.74 Å². The topological polar surface area (TPSA) is 58.6 Å². The third kappa shape index (κ3) is 7.60. The second-order valence-electron chi connectivity index (χ2n) is 7.61. The van der Waals surface area contributed by atoms with E-state index >= 15 is 0 Å². The molecule has 0 aromatic heterocycles. The van der Waals surface area contributed by atoms with Crippen LogP contribution in [0, 0.1) is 6.92 Å². The molecule has 0 spiro atoms. The van der Waals surface area contributed by atoms with Gasteiger partial charge in [-0.05, 0) is 51.8 Å². The Kier molecular flexibility index (Phi) is 8.71. The van der Waals surface area contributed by atoms with Crippen molar-refractivity contribution < 1.29 is 14.3 Å². The highest BCUT2D eigenvalue weighted by Gasteiger charge is 2.26. The average molecular weight is 397 g/mol. The van der Waals surface area contributed by atoms with E-state index in [1.165, 1.54) is 0 Å². The molecule has 2 aromatic carbocycles. The minimum Gasteiger partial charge on any atom is -0.494 e. The Balaban J connectivity index is 1.99. The van der Waals surface area contributed by atoms with Gasteiger partial charge in [-0.1, -0.05) is 48.0 Å². The lowest BCUT2D eigenvalue weighted by atomic mass is 10.1. The summed E-state index contributed by atoms with van der Waals surface area (Å²) >= 11 is 0. The number of nitrogens with one attached hydrogen (secondary N) is 1. The lowest BCUT2D eigenvalue weighted by molar-refractivity contribution is -0.141. The molecule has 5 nitrogen and oxygen atoms in total. The van der Waals surface area contributed by atoms with Crippen LogP contribution in [0.3, 0.4) is 0 Å². The van der Waals surface area contributed by atoms with Gasteiger partial charge in [-0.15, -0.1) is 0 Å². The Morgan fingerprint density at radius 2 is 1.66 bits per heavy atom. The molecule has 0 aliphatic rings. The van der Waals surface area contributed by atoms with Crippen LogP contribution in [0.2, 0.25) is 0 Å². The zero-order valence-electron chi connectivity index (χ0n) is 17.9. The van der Waals surface area contributed by atoms with Crippen molar-refractivity contribution in [3.8, 4) is 5.75 Å². The van der Waals surface area contributed by atoms with Gasteiger partial charge >= 0.3 is 0 Å². The zero-order valence-corrected chi connectivity index (χ0v) is 17.9. The summed E-state index contributed by atoms with van der Waals surface area (Å²) in [6.45, 7) is 8.50. The SMILES string of the molecule is Cc1ccc(CN(C(=O)CCCOc2ccccc2)[C@H](C)C(=O)NC(C)C)cc1. The third-order valence-corrected chi connectivity index (χ3v) is 4.62. The number of benzene rings is 2. The van der Waals surface area contributed by atoms with Crippen molar-refractivity contribution in [2.75, 3.05) is 6.61 Å². The number of hydrogen-bond acceptors (Lipinski definition) is 3. The maximum Gasteiger partial charge on any atom is 0.242 e. The molecule has 0 heterocycles. The van der Waals surface area contributed by atoms with E-state index in [0.717, 1.165) is 16.9 Å². The number of amides is 2. The Bertz CT molecular complexity index is 772. The average Bonchev–Trinajstić information content (AvgIpc) is 2.70. The van der Waals surface area contributed by atoms with Crippen molar-refractivity contribution in [1.29, 1.82) is 0 Å². The van der Waals surface area contributed by atoms with E-state index in [0.29, 0.717) is 26.0 Å². The van der Waals surface area contributed by atoms with E-state index in [1.807, 2.05) is 75.4 Å². The summed E-state index contributed by atoms with van der Waals surface area (Å²) in [5.74, 6) is 0.607. The Morgan fingerprint density at radius 3 is 2.28 bits per heavy atom. The number of carbonyl (C=O) groups excluding carboxylic acids is 2. The first-order valence-electron chi connectivity index (χ1n) is 10.2. The normalized spacial score (nSPS) is 11.8. The molecule has 1 N–H and O–H groups in total. The molecular formula is C24H32N2O3. The fraction of sp³-hybridized carbons (Fsp3) is 0.417. The number of rotatable bonds is 10. The van der Waals surface area contributed by atoms with Crippen LogP contribution in [-0.4, -0.2) is 35.4 Å². The van der Waals surface area contributed by atoms with Gasteiger partial charge in [0.25, 0.3) is 0 Å². The summed E-state index contributed by atoms with van der Waals surface area (Å²) in [6, 6.07) is 17.1. The smallest absolute Gasteiger partial charge is 0.242 e. The summed E-state index contributed by atoms with van der Waals surface area (Å²) in [4.78, 5) is 27.1. The highest BCUT2D eigenvalue weighted by molar-refractivity contribution is 5.87. The number of carbonyl (C=O) groups is 2. The van der Waals surface area contributed by atoms with Gasteiger partial charge in [0, 0.05) is 19.0 Å². The quantitative estimate of drug-likeness (QED) is 0.615. The zero-order chi connectivity index (χ0) is 21.2. The second-order valence-corrected chi connectivity index (χ2v) is 7.61. The van der Waals surface area contributed by atoms with Gasteiger partial charge in [0.2, 0.25) is 11.8 Å². The minimum absolute atomic E-state index is 0.0283. The summed E-state index contributed by atoms with van der Waals surface area (Å²) in [7, 11) is 0. The summed E-state index contributed by atoms with van der Waals surface area (Å²) in [5, 5.41) is 2.90. The van der Waals surface area contributed by atoms with Crippen LogP contribution in [0.4, 0.5) is 0 Å². The standard InChI is InChI=1S/C24H32N2O3/c1-18(2)25-24(28)20(4)26(17-21-14-12-19(3)13-15-21)23(27)11-8-16-29-22-9-6-5-7-10-22/h5-7,9-10,12-15,18,20H,8,11,16-17H2,1-4H3,(H,25,28)/t20-/m1/s1. The molecule has 0 saturated carbocycles.